The van der Waals surface area contributed by atoms with E-state index in [1.165, 1.54) is 11.1 Å². The van der Waals surface area contributed by atoms with Crippen molar-refractivity contribution in [2.75, 3.05) is 13.2 Å². The highest BCUT2D eigenvalue weighted by Crippen LogP contribution is 2.22. The highest BCUT2D eigenvalue weighted by atomic mass is 16.6. The third-order valence-electron chi connectivity index (χ3n) is 4.97. The molecule has 0 bridgehead atoms. The summed E-state index contributed by atoms with van der Waals surface area (Å²) in [5.41, 5.74) is 2.55. The summed E-state index contributed by atoms with van der Waals surface area (Å²) in [6.45, 7) is 3.88. The van der Waals surface area contributed by atoms with Gasteiger partial charge in [-0.1, -0.05) is 60.7 Å². The van der Waals surface area contributed by atoms with E-state index in [1.807, 2.05) is 24.0 Å². The summed E-state index contributed by atoms with van der Waals surface area (Å²) in [6.07, 6.45) is 2.58. The second-order valence-corrected chi connectivity index (χ2v) is 6.82. The van der Waals surface area contributed by atoms with Crippen molar-refractivity contribution in [2.24, 2.45) is 0 Å². The van der Waals surface area contributed by atoms with Crippen LogP contribution in [0, 0.1) is 0 Å². The van der Waals surface area contributed by atoms with E-state index in [1.54, 1.807) is 0 Å². The number of ether oxygens (including phenoxy) is 1. The SMILES string of the molecule is CCOC(=O)N1CC[C@H](NCc2ccccc2)C[C@@H]1Cc1ccccc1. The molecule has 0 aromatic heterocycles. The predicted octanol–water partition coefficient (Wildman–Crippen LogP) is 4.01. The number of carbonyl (C=O) groups excluding carboxylic acids is 1. The molecule has 3 rings (SSSR count). The molecule has 2 aromatic carbocycles. The van der Waals surface area contributed by atoms with Gasteiger partial charge in [-0.05, 0) is 37.3 Å². The summed E-state index contributed by atoms with van der Waals surface area (Å²) < 4.78 is 5.28. The van der Waals surface area contributed by atoms with Crippen LogP contribution in [-0.4, -0.2) is 36.2 Å². The number of hydrogen-bond acceptors (Lipinski definition) is 3. The number of nitrogens with zero attached hydrogens (tertiary/aromatic N) is 1. The number of nitrogens with one attached hydrogen (secondary N) is 1. The number of hydrogen-bond donors (Lipinski definition) is 1. The number of rotatable bonds is 6. The van der Waals surface area contributed by atoms with Crippen LogP contribution in [0.1, 0.15) is 30.9 Å². The second kappa shape index (κ2) is 9.39. The van der Waals surface area contributed by atoms with Gasteiger partial charge in [-0.25, -0.2) is 4.79 Å². The standard InChI is InChI=1S/C22H28N2O2/c1-2-26-22(25)24-14-13-20(23-17-19-11-7-4-8-12-19)16-21(24)15-18-9-5-3-6-10-18/h3-12,20-21,23H,2,13-17H2,1H3/t20-,21-/m0/s1. The quantitative estimate of drug-likeness (QED) is 0.854. The van der Waals surface area contributed by atoms with Crippen molar-refractivity contribution in [2.45, 2.75) is 44.8 Å². The molecule has 0 aliphatic carbocycles. The van der Waals surface area contributed by atoms with Gasteiger partial charge in [0, 0.05) is 25.2 Å². The molecular formula is C22H28N2O2. The largest absolute Gasteiger partial charge is 0.450 e. The molecular weight excluding hydrogens is 324 g/mol. The van der Waals surface area contributed by atoms with Gasteiger partial charge in [0.15, 0.2) is 0 Å². The Morgan fingerprint density at radius 2 is 1.73 bits per heavy atom. The highest BCUT2D eigenvalue weighted by molar-refractivity contribution is 5.68. The smallest absolute Gasteiger partial charge is 0.410 e. The van der Waals surface area contributed by atoms with Gasteiger partial charge in [0.05, 0.1) is 6.61 Å². The highest BCUT2D eigenvalue weighted by Gasteiger charge is 2.32. The van der Waals surface area contributed by atoms with Crippen LogP contribution in [-0.2, 0) is 17.7 Å². The van der Waals surface area contributed by atoms with E-state index in [2.05, 4.69) is 53.8 Å². The maximum Gasteiger partial charge on any atom is 0.410 e. The third-order valence-corrected chi connectivity index (χ3v) is 4.97. The average Bonchev–Trinajstić information content (AvgIpc) is 2.68. The molecule has 1 heterocycles. The van der Waals surface area contributed by atoms with E-state index >= 15 is 0 Å². The van der Waals surface area contributed by atoms with Gasteiger partial charge < -0.3 is 15.0 Å². The maximum absolute atomic E-state index is 12.4. The van der Waals surface area contributed by atoms with Crippen LogP contribution in [0.2, 0.25) is 0 Å². The fourth-order valence-electron chi connectivity index (χ4n) is 3.62. The lowest BCUT2D eigenvalue weighted by Gasteiger charge is -2.39. The molecule has 0 unspecified atom stereocenters. The normalized spacial score (nSPS) is 20.0. The van der Waals surface area contributed by atoms with Crippen molar-refractivity contribution < 1.29 is 9.53 Å². The van der Waals surface area contributed by atoms with Gasteiger partial charge in [-0.3, -0.25) is 0 Å². The molecule has 4 nitrogen and oxygen atoms in total. The lowest BCUT2D eigenvalue weighted by molar-refractivity contribution is 0.0695. The van der Waals surface area contributed by atoms with Crippen molar-refractivity contribution in [3.05, 3.63) is 71.8 Å². The molecule has 26 heavy (non-hydrogen) atoms. The van der Waals surface area contributed by atoms with Crippen LogP contribution < -0.4 is 5.32 Å². The van der Waals surface area contributed by atoms with E-state index in [9.17, 15) is 4.79 Å². The van der Waals surface area contributed by atoms with Gasteiger partial charge in [0.1, 0.15) is 0 Å². The van der Waals surface area contributed by atoms with Crippen LogP contribution in [0.3, 0.4) is 0 Å². The Balaban J connectivity index is 1.64. The first-order chi connectivity index (χ1) is 12.8. The van der Waals surface area contributed by atoms with Gasteiger partial charge in [0.2, 0.25) is 0 Å². The minimum absolute atomic E-state index is 0.165. The molecule has 2 aromatic rings. The zero-order valence-corrected chi connectivity index (χ0v) is 15.4. The lowest BCUT2D eigenvalue weighted by Crippen LogP contribution is -2.51. The van der Waals surface area contributed by atoms with Crippen molar-refractivity contribution >= 4 is 6.09 Å². The first kappa shape index (κ1) is 18.5. The molecule has 0 spiro atoms. The molecule has 1 N–H and O–H groups in total. The first-order valence-electron chi connectivity index (χ1n) is 9.51. The zero-order chi connectivity index (χ0) is 18.2. The Morgan fingerprint density at radius 1 is 1.08 bits per heavy atom. The zero-order valence-electron chi connectivity index (χ0n) is 15.4. The molecule has 1 aliphatic heterocycles. The number of benzene rings is 2. The lowest BCUT2D eigenvalue weighted by atomic mass is 9.92. The summed E-state index contributed by atoms with van der Waals surface area (Å²) in [4.78, 5) is 14.3. The first-order valence-corrected chi connectivity index (χ1v) is 9.51. The maximum atomic E-state index is 12.4. The van der Waals surface area contributed by atoms with Gasteiger partial charge in [-0.2, -0.15) is 0 Å². The fraction of sp³-hybridized carbons (Fsp3) is 0.409. The van der Waals surface area contributed by atoms with Crippen molar-refractivity contribution in [3.8, 4) is 0 Å². The van der Waals surface area contributed by atoms with Crippen LogP contribution in [0.4, 0.5) is 4.79 Å². The Kier molecular flexibility index (Phi) is 6.67. The van der Waals surface area contributed by atoms with E-state index < -0.39 is 0 Å². The molecule has 1 saturated heterocycles. The molecule has 0 radical (unpaired) electrons. The Labute approximate surface area is 156 Å². The minimum atomic E-state index is -0.185. The topological polar surface area (TPSA) is 41.6 Å². The summed E-state index contributed by atoms with van der Waals surface area (Å²) in [5.74, 6) is 0. The van der Waals surface area contributed by atoms with Crippen molar-refractivity contribution in [1.82, 2.24) is 10.2 Å². The van der Waals surface area contributed by atoms with Crippen LogP contribution in [0.25, 0.3) is 0 Å². The number of amides is 1. The number of piperidine rings is 1. The molecule has 1 fully saturated rings. The summed E-state index contributed by atoms with van der Waals surface area (Å²) >= 11 is 0. The summed E-state index contributed by atoms with van der Waals surface area (Å²) in [5, 5.41) is 3.67. The molecule has 1 aliphatic rings. The van der Waals surface area contributed by atoms with E-state index in [4.69, 9.17) is 4.74 Å². The fourth-order valence-corrected chi connectivity index (χ4v) is 3.62. The Hall–Kier alpha value is -2.33. The van der Waals surface area contributed by atoms with Gasteiger partial charge in [-0.15, -0.1) is 0 Å². The average molecular weight is 352 g/mol. The monoisotopic (exact) mass is 352 g/mol. The van der Waals surface area contributed by atoms with Gasteiger partial charge >= 0.3 is 6.09 Å². The van der Waals surface area contributed by atoms with Crippen molar-refractivity contribution in [1.29, 1.82) is 0 Å². The number of likely N-dealkylation sites (tertiary alicyclic amines) is 1. The summed E-state index contributed by atoms with van der Waals surface area (Å²) in [6, 6.07) is 21.4. The van der Waals surface area contributed by atoms with E-state index in [-0.39, 0.29) is 12.1 Å². The van der Waals surface area contributed by atoms with Crippen LogP contribution in [0.5, 0.6) is 0 Å². The van der Waals surface area contributed by atoms with Crippen LogP contribution >= 0.6 is 0 Å². The number of carbonyl (C=O) groups is 1. The van der Waals surface area contributed by atoms with E-state index in [0.717, 1.165) is 32.4 Å². The molecule has 0 saturated carbocycles. The Bertz CT molecular complexity index is 675. The van der Waals surface area contributed by atoms with Crippen molar-refractivity contribution in [3.63, 3.8) is 0 Å². The molecule has 2 atom stereocenters. The van der Waals surface area contributed by atoms with E-state index in [0.29, 0.717) is 12.6 Å². The Morgan fingerprint density at radius 3 is 2.38 bits per heavy atom. The minimum Gasteiger partial charge on any atom is -0.450 e. The molecule has 1 amide bonds. The van der Waals surface area contributed by atoms with Crippen LogP contribution in [0.15, 0.2) is 60.7 Å². The third kappa shape index (κ3) is 5.09. The summed E-state index contributed by atoms with van der Waals surface area (Å²) in [7, 11) is 0. The molecule has 4 heteroatoms. The predicted molar refractivity (Wildman–Crippen MR) is 104 cm³/mol. The molecule has 138 valence electrons. The van der Waals surface area contributed by atoms with Gasteiger partial charge in [0.25, 0.3) is 0 Å². The second-order valence-electron chi connectivity index (χ2n) is 6.82.